The van der Waals surface area contributed by atoms with Gasteiger partial charge in [-0.25, -0.2) is 0 Å². The molecule has 1 fully saturated rings. The van der Waals surface area contributed by atoms with Crippen molar-refractivity contribution in [3.05, 3.63) is 18.0 Å². The molecule has 0 atom stereocenters. The Labute approximate surface area is 94.4 Å². The van der Waals surface area contributed by atoms with Gasteiger partial charge in [0, 0.05) is 7.62 Å². The van der Waals surface area contributed by atoms with Crippen LogP contribution in [0.1, 0.15) is 46.1 Å². The zero-order valence-corrected chi connectivity index (χ0v) is 10.2. The summed E-state index contributed by atoms with van der Waals surface area (Å²) in [7, 11) is 0. The molecule has 0 saturated carbocycles. The first-order chi connectivity index (χ1) is 7.27. The van der Waals surface area contributed by atoms with Gasteiger partial charge in [-0.2, -0.15) is 5.10 Å². The molecule has 0 radical (unpaired) electrons. The summed E-state index contributed by atoms with van der Waals surface area (Å²) < 4.78 is 2.11. The van der Waals surface area contributed by atoms with Gasteiger partial charge in [0.1, 0.15) is 0 Å². The molecule has 1 aromatic heterocycles. The van der Waals surface area contributed by atoms with Crippen LogP contribution in [-0.2, 0) is 0 Å². The third-order valence-electron chi connectivity index (χ3n) is 2.41. The van der Waals surface area contributed by atoms with Crippen LogP contribution in [0, 0.1) is 6.92 Å². The molecule has 1 aliphatic rings. The molecular weight excluding hydrogens is 186 g/mol. The molecular formula is C12H25N3. The van der Waals surface area contributed by atoms with E-state index in [1.165, 1.54) is 24.8 Å². The monoisotopic (exact) mass is 211 g/mol. The Morgan fingerprint density at radius 2 is 2.07 bits per heavy atom. The molecule has 2 heterocycles. The largest absolute Gasteiger partial charge is 0.317 e. The number of aryl methyl sites for hydroxylation is 1. The van der Waals surface area contributed by atoms with E-state index in [-0.39, 0.29) is 1.43 Å². The van der Waals surface area contributed by atoms with Crippen molar-refractivity contribution in [1.29, 1.82) is 0 Å². The van der Waals surface area contributed by atoms with Gasteiger partial charge in [0.25, 0.3) is 0 Å². The first-order valence-electron chi connectivity index (χ1n) is 5.99. The van der Waals surface area contributed by atoms with Crippen LogP contribution in [0.2, 0.25) is 0 Å². The summed E-state index contributed by atoms with van der Waals surface area (Å²) in [6, 6.07) is 0.625. The Hall–Kier alpha value is -0.830. The van der Waals surface area contributed by atoms with E-state index in [0.717, 1.165) is 13.1 Å². The molecule has 0 unspecified atom stereocenters. The lowest BCUT2D eigenvalue weighted by atomic mass is 10.1. The molecule has 0 aromatic carbocycles. The minimum Gasteiger partial charge on any atom is -0.317 e. The van der Waals surface area contributed by atoms with Gasteiger partial charge in [0.15, 0.2) is 0 Å². The zero-order chi connectivity index (χ0) is 11.1. The fourth-order valence-corrected chi connectivity index (χ4v) is 1.70. The van der Waals surface area contributed by atoms with E-state index in [1.54, 1.807) is 0 Å². The standard InChI is InChI=1S/C9H15N3.C3H8.H2/c1-8-6-11-12(7-8)9-2-4-10-5-3-9;1-3-2;/h6-7,9-10H,2-5H2,1H3;3H2,1-2H3;1H. The molecule has 88 valence electrons. The molecule has 1 aliphatic heterocycles. The van der Waals surface area contributed by atoms with E-state index in [9.17, 15) is 0 Å². The molecule has 1 N–H and O–H groups in total. The van der Waals surface area contributed by atoms with E-state index < -0.39 is 0 Å². The van der Waals surface area contributed by atoms with Crippen LogP contribution >= 0.6 is 0 Å². The summed E-state index contributed by atoms with van der Waals surface area (Å²) in [5, 5.41) is 7.68. The molecule has 0 amide bonds. The number of rotatable bonds is 1. The number of nitrogens with zero attached hydrogens (tertiary/aromatic N) is 2. The van der Waals surface area contributed by atoms with Crippen molar-refractivity contribution in [2.75, 3.05) is 13.1 Å². The Morgan fingerprint density at radius 3 is 2.53 bits per heavy atom. The molecule has 3 heteroatoms. The second kappa shape index (κ2) is 6.62. The molecule has 0 aliphatic carbocycles. The number of nitrogens with one attached hydrogen (secondary N) is 1. The van der Waals surface area contributed by atoms with Gasteiger partial charge in [-0.15, -0.1) is 0 Å². The average molecular weight is 211 g/mol. The van der Waals surface area contributed by atoms with Gasteiger partial charge in [0.05, 0.1) is 12.2 Å². The third kappa shape index (κ3) is 4.04. The topological polar surface area (TPSA) is 29.9 Å². The van der Waals surface area contributed by atoms with Gasteiger partial charge in [-0.05, 0) is 38.4 Å². The summed E-state index contributed by atoms with van der Waals surface area (Å²) in [6.45, 7) is 8.59. The summed E-state index contributed by atoms with van der Waals surface area (Å²) in [4.78, 5) is 0. The fraction of sp³-hybridized carbons (Fsp3) is 0.750. The number of aromatic nitrogens is 2. The van der Waals surface area contributed by atoms with Gasteiger partial charge >= 0.3 is 0 Å². The van der Waals surface area contributed by atoms with Gasteiger partial charge in [0.2, 0.25) is 0 Å². The highest BCUT2D eigenvalue weighted by molar-refractivity contribution is 5.00. The van der Waals surface area contributed by atoms with Crippen LogP contribution < -0.4 is 5.32 Å². The Kier molecular flexibility index (Phi) is 5.40. The highest BCUT2D eigenvalue weighted by Crippen LogP contribution is 2.17. The molecule has 0 bridgehead atoms. The van der Waals surface area contributed by atoms with Crippen molar-refractivity contribution in [2.45, 2.75) is 46.1 Å². The van der Waals surface area contributed by atoms with E-state index in [0.29, 0.717) is 6.04 Å². The fourth-order valence-electron chi connectivity index (χ4n) is 1.70. The Morgan fingerprint density at radius 1 is 1.47 bits per heavy atom. The van der Waals surface area contributed by atoms with Crippen molar-refractivity contribution in [2.24, 2.45) is 0 Å². The van der Waals surface area contributed by atoms with Crippen LogP contribution in [0.15, 0.2) is 12.4 Å². The first kappa shape index (κ1) is 12.2. The minimum absolute atomic E-state index is 0. The SMILES string of the molecule is CCC.Cc1cnn(C2CCNCC2)c1.[HH]. The van der Waals surface area contributed by atoms with Gasteiger partial charge < -0.3 is 5.32 Å². The second-order valence-corrected chi connectivity index (χ2v) is 4.19. The molecule has 1 saturated heterocycles. The van der Waals surface area contributed by atoms with Crippen molar-refractivity contribution < 1.29 is 1.43 Å². The maximum atomic E-state index is 4.33. The Bertz CT molecular complexity index is 267. The lowest BCUT2D eigenvalue weighted by Gasteiger charge is -2.22. The number of hydrogen-bond donors (Lipinski definition) is 1. The molecule has 1 aromatic rings. The van der Waals surface area contributed by atoms with Crippen LogP contribution in [0.3, 0.4) is 0 Å². The quantitative estimate of drug-likeness (QED) is 0.774. The smallest absolute Gasteiger partial charge is 0.0543 e. The summed E-state index contributed by atoms with van der Waals surface area (Å²) in [5.41, 5.74) is 1.26. The summed E-state index contributed by atoms with van der Waals surface area (Å²) in [5.74, 6) is 0. The first-order valence-corrected chi connectivity index (χ1v) is 5.99. The van der Waals surface area contributed by atoms with Crippen molar-refractivity contribution in [3.63, 3.8) is 0 Å². The molecule has 15 heavy (non-hydrogen) atoms. The average Bonchev–Trinajstić information content (AvgIpc) is 2.67. The van der Waals surface area contributed by atoms with E-state index in [4.69, 9.17) is 0 Å². The van der Waals surface area contributed by atoms with Crippen molar-refractivity contribution in [1.82, 2.24) is 15.1 Å². The van der Waals surface area contributed by atoms with Crippen LogP contribution in [-0.4, -0.2) is 22.9 Å². The molecule has 0 spiro atoms. The van der Waals surface area contributed by atoms with Crippen LogP contribution in [0.5, 0.6) is 0 Å². The number of piperidine rings is 1. The van der Waals surface area contributed by atoms with E-state index >= 15 is 0 Å². The predicted molar refractivity (Wildman–Crippen MR) is 66.2 cm³/mol. The van der Waals surface area contributed by atoms with Gasteiger partial charge in [-0.3, -0.25) is 4.68 Å². The normalized spacial score (nSPS) is 17.0. The third-order valence-corrected chi connectivity index (χ3v) is 2.41. The summed E-state index contributed by atoms with van der Waals surface area (Å²) >= 11 is 0. The van der Waals surface area contributed by atoms with Gasteiger partial charge in [-0.1, -0.05) is 20.3 Å². The maximum Gasteiger partial charge on any atom is 0.0543 e. The minimum atomic E-state index is 0. The highest BCUT2D eigenvalue weighted by Gasteiger charge is 2.14. The van der Waals surface area contributed by atoms with E-state index in [2.05, 4.69) is 42.1 Å². The summed E-state index contributed by atoms with van der Waals surface area (Å²) in [6.07, 6.45) is 7.74. The molecule has 2 rings (SSSR count). The second-order valence-electron chi connectivity index (χ2n) is 4.19. The van der Waals surface area contributed by atoms with Crippen molar-refractivity contribution >= 4 is 0 Å². The van der Waals surface area contributed by atoms with Crippen LogP contribution in [0.4, 0.5) is 0 Å². The Balaban J connectivity index is 0.000000511. The van der Waals surface area contributed by atoms with Crippen LogP contribution in [0.25, 0.3) is 0 Å². The predicted octanol–water partition coefficient (Wildman–Crippen LogP) is 2.78. The zero-order valence-electron chi connectivity index (χ0n) is 10.2. The number of hydrogen-bond acceptors (Lipinski definition) is 2. The molecule has 3 nitrogen and oxygen atoms in total. The maximum absolute atomic E-state index is 4.33. The highest BCUT2D eigenvalue weighted by atomic mass is 15.3. The van der Waals surface area contributed by atoms with Crippen molar-refractivity contribution in [3.8, 4) is 0 Å². The van der Waals surface area contributed by atoms with E-state index in [1.807, 2.05) is 6.20 Å². The lowest BCUT2D eigenvalue weighted by Crippen LogP contribution is -2.29. The lowest BCUT2D eigenvalue weighted by molar-refractivity contribution is 0.343.